The molecular formula is C49H93NO7. The number of nitrogens with zero attached hydrogens (tertiary/aromatic N) is 1. The van der Waals surface area contributed by atoms with Crippen LogP contribution in [0.5, 0.6) is 0 Å². The number of esters is 2. The van der Waals surface area contributed by atoms with Crippen molar-refractivity contribution >= 4 is 11.9 Å². The van der Waals surface area contributed by atoms with E-state index in [1.54, 1.807) is 0 Å². The molecule has 2 heterocycles. The fourth-order valence-electron chi connectivity index (χ4n) is 8.25. The maximum Gasteiger partial charge on any atom is 0.305 e. The number of carbonyl (C=O) groups is 2. The zero-order valence-electron chi connectivity index (χ0n) is 38.8. The Bertz CT molecular complexity index is 936. The summed E-state index contributed by atoms with van der Waals surface area (Å²) in [4.78, 5) is 27.2. The van der Waals surface area contributed by atoms with Gasteiger partial charge in [0.1, 0.15) is 0 Å². The molecule has 336 valence electrons. The molecular weight excluding hydrogens is 715 g/mol. The predicted octanol–water partition coefficient (Wildman–Crippen LogP) is 12.3. The second kappa shape index (κ2) is 31.6. The van der Waals surface area contributed by atoms with E-state index in [1.165, 1.54) is 64.2 Å². The SMILES string of the molecule is CC(C)CCC(COC(=O)CCCCCCCCCC1(CCCCCCCCCC(=O)OCC(CCC(C)C)C(C)C)OC[C@H](CCN2CCOCC2)O1)C(C)C. The predicted molar refractivity (Wildman–Crippen MR) is 235 cm³/mol. The molecule has 0 aromatic heterocycles. The molecule has 0 saturated carbocycles. The van der Waals surface area contributed by atoms with E-state index in [9.17, 15) is 9.59 Å². The molecule has 2 unspecified atom stereocenters. The molecule has 0 aromatic carbocycles. The van der Waals surface area contributed by atoms with E-state index in [0.717, 1.165) is 103 Å². The van der Waals surface area contributed by atoms with E-state index in [4.69, 9.17) is 23.7 Å². The molecule has 2 saturated heterocycles. The second-order valence-electron chi connectivity index (χ2n) is 19.5. The number of hydrogen-bond acceptors (Lipinski definition) is 8. The van der Waals surface area contributed by atoms with Gasteiger partial charge in [-0.05, 0) is 80.5 Å². The van der Waals surface area contributed by atoms with Crippen LogP contribution in [-0.4, -0.2) is 81.4 Å². The Labute approximate surface area is 352 Å². The van der Waals surface area contributed by atoms with Crippen LogP contribution in [0, 0.1) is 35.5 Å². The third-order valence-corrected chi connectivity index (χ3v) is 12.7. The Morgan fingerprint density at radius 1 is 0.596 bits per heavy atom. The van der Waals surface area contributed by atoms with Gasteiger partial charge in [-0.3, -0.25) is 14.5 Å². The van der Waals surface area contributed by atoms with Crippen molar-refractivity contribution in [2.75, 3.05) is 52.7 Å². The van der Waals surface area contributed by atoms with Crippen LogP contribution in [-0.2, 0) is 33.3 Å². The van der Waals surface area contributed by atoms with E-state index in [2.05, 4.69) is 60.3 Å². The van der Waals surface area contributed by atoms with Crippen molar-refractivity contribution in [3.63, 3.8) is 0 Å². The number of unbranched alkanes of at least 4 members (excludes halogenated alkanes) is 12. The van der Waals surface area contributed by atoms with Crippen molar-refractivity contribution in [2.24, 2.45) is 35.5 Å². The Balaban J connectivity index is 1.61. The highest BCUT2D eigenvalue weighted by Gasteiger charge is 2.40. The quantitative estimate of drug-likeness (QED) is 0.0462. The van der Waals surface area contributed by atoms with E-state index < -0.39 is 5.79 Å². The monoisotopic (exact) mass is 808 g/mol. The molecule has 2 rings (SSSR count). The van der Waals surface area contributed by atoms with Crippen LogP contribution in [0.15, 0.2) is 0 Å². The molecule has 0 aliphatic carbocycles. The van der Waals surface area contributed by atoms with Crippen LogP contribution >= 0.6 is 0 Å². The van der Waals surface area contributed by atoms with Gasteiger partial charge in [-0.15, -0.1) is 0 Å². The first-order chi connectivity index (χ1) is 27.4. The summed E-state index contributed by atoms with van der Waals surface area (Å²) in [6.45, 7) is 24.6. The molecule has 0 radical (unpaired) electrons. The van der Waals surface area contributed by atoms with Crippen LogP contribution in [0.25, 0.3) is 0 Å². The summed E-state index contributed by atoms with van der Waals surface area (Å²) in [5.41, 5.74) is 0. The first kappa shape index (κ1) is 51.9. The van der Waals surface area contributed by atoms with Gasteiger partial charge in [-0.2, -0.15) is 0 Å². The lowest BCUT2D eigenvalue weighted by Crippen LogP contribution is -2.38. The second-order valence-corrected chi connectivity index (χ2v) is 19.5. The smallest absolute Gasteiger partial charge is 0.305 e. The lowest BCUT2D eigenvalue weighted by molar-refractivity contribution is -0.180. The summed E-state index contributed by atoms with van der Waals surface area (Å²) in [5, 5.41) is 0. The van der Waals surface area contributed by atoms with Crippen molar-refractivity contribution in [2.45, 2.75) is 215 Å². The maximum absolute atomic E-state index is 12.4. The summed E-state index contributed by atoms with van der Waals surface area (Å²) < 4.78 is 30.2. The molecule has 3 atom stereocenters. The van der Waals surface area contributed by atoms with Gasteiger partial charge < -0.3 is 23.7 Å². The minimum Gasteiger partial charge on any atom is -0.465 e. The van der Waals surface area contributed by atoms with Crippen LogP contribution in [0.4, 0.5) is 0 Å². The topological polar surface area (TPSA) is 83.5 Å². The van der Waals surface area contributed by atoms with Crippen molar-refractivity contribution in [3.05, 3.63) is 0 Å². The molecule has 0 spiro atoms. The first-order valence-electron chi connectivity index (χ1n) is 24.3. The largest absolute Gasteiger partial charge is 0.465 e. The van der Waals surface area contributed by atoms with E-state index in [1.807, 2.05) is 0 Å². The molecule has 2 fully saturated rings. The van der Waals surface area contributed by atoms with E-state index in [-0.39, 0.29) is 18.0 Å². The molecule has 2 aliphatic rings. The van der Waals surface area contributed by atoms with Crippen molar-refractivity contribution < 1.29 is 33.3 Å². The normalized spacial score (nSPS) is 20.2. The Morgan fingerprint density at radius 3 is 1.44 bits per heavy atom. The Morgan fingerprint density at radius 2 is 1.02 bits per heavy atom. The highest BCUT2D eigenvalue weighted by atomic mass is 16.7. The number of hydrogen-bond donors (Lipinski definition) is 0. The summed E-state index contributed by atoms with van der Waals surface area (Å²) in [5.74, 6) is 2.94. The van der Waals surface area contributed by atoms with E-state index >= 15 is 0 Å². The number of morpholine rings is 1. The zero-order valence-corrected chi connectivity index (χ0v) is 38.8. The highest BCUT2D eigenvalue weighted by Crippen LogP contribution is 2.36. The maximum atomic E-state index is 12.4. The number of rotatable bonds is 35. The Kier molecular flexibility index (Phi) is 28.8. The average Bonchev–Trinajstić information content (AvgIpc) is 3.58. The van der Waals surface area contributed by atoms with Gasteiger partial charge in [-0.1, -0.05) is 132 Å². The summed E-state index contributed by atoms with van der Waals surface area (Å²) in [6, 6.07) is 0. The van der Waals surface area contributed by atoms with Crippen molar-refractivity contribution in [1.29, 1.82) is 0 Å². The number of ether oxygens (including phenoxy) is 5. The van der Waals surface area contributed by atoms with Crippen molar-refractivity contribution in [3.8, 4) is 0 Å². The van der Waals surface area contributed by atoms with Gasteiger partial charge in [0.2, 0.25) is 0 Å². The molecule has 8 heteroatoms. The van der Waals surface area contributed by atoms with Crippen LogP contribution < -0.4 is 0 Å². The summed E-state index contributed by atoms with van der Waals surface area (Å²) in [7, 11) is 0. The number of carbonyl (C=O) groups excluding carboxylic acids is 2. The molecule has 57 heavy (non-hydrogen) atoms. The van der Waals surface area contributed by atoms with Crippen LogP contribution in [0.2, 0.25) is 0 Å². The van der Waals surface area contributed by atoms with E-state index in [0.29, 0.717) is 68.2 Å². The molecule has 8 nitrogen and oxygen atoms in total. The zero-order chi connectivity index (χ0) is 41.7. The van der Waals surface area contributed by atoms with Gasteiger partial charge >= 0.3 is 11.9 Å². The summed E-state index contributed by atoms with van der Waals surface area (Å²) >= 11 is 0. The highest BCUT2D eigenvalue weighted by molar-refractivity contribution is 5.69. The van der Waals surface area contributed by atoms with Gasteiger partial charge in [0.25, 0.3) is 0 Å². The summed E-state index contributed by atoms with van der Waals surface area (Å²) in [6.07, 6.45) is 24.9. The van der Waals surface area contributed by atoms with Gasteiger partial charge in [0.15, 0.2) is 5.79 Å². The fourth-order valence-corrected chi connectivity index (χ4v) is 8.25. The lowest BCUT2D eigenvalue weighted by Gasteiger charge is -2.30. The van der Waals surface area contributed by atoms with Gasteiger partial charge in [-0.25, -0.2) is 0 Å². The first-order valence-corrected chi connectivity index (χ1v) is 24.3. The van der Waals surface area contributed by atoms with Crippen molar-refractivity contribution in [1.82, 2.24) is 4.90 Å². The minimum atomic E-state index is -0.427. The third kappa shape index (κ3) is 25.9. The van der Waals surface area contributed by atoms with Crippen LogP contribution in [0.1, 0.15) is 203 Å². The Hall–Kier alpha value is -1.22. The average molecular weight is 808 g/mol. The third-order valence-electron chi connectivity index (χ3n) is 12.7. The molecule has 0 N–H and O–H groups in total. The molecule has 0 aromatic rings. The molecule has 0 bridgehead atoms. The van der Waals surface area contributed by atoms with Crippen LogP contribution in [0.3, 0.4) is 0 Å². The van der Waals surface area contributed by atoms with Gasteiger partial charge in [0.05, 0.1) is 39.1 Å². The molecule has 0 amide bonds. The van der Waals surface area contributed by atoms with Gasteiger partial charge in [0, 0.05) is 45.3 Å². The fraction of sp³-hybridized carbons (Fsp3) is 0.959. The minimum absolute atomic E-state index is 0.0211. The standard InChI is InChI=1S/C49H93NO7/c1-40(2)25-27-44(42(5)6)37-54-47(51)23-19-15-11-9-13-17-21-30-49(56-39-46(57-49)29-32-50-33-35-53-36-34-50)31-22-18-14-10-12-16-20-24-48(52)55-38-45(43(7)8)28-26-41(3)4/h40-46H,9-39H2,1-8H3/t44?,45?,46-,49?/m0/s1. The molecule has 2 aliphatic heterocycles. The lowest BCUT2D eigenvalue weighted by atomic mass is 9.89.